The summed E-state index contributed by atoms with van der Waals surface area (Å²) in [5.41, 5.74) is 4.58. The highest BCUT2D eigenvalue weighted by atomic mass is 19.1. The highest BCUT2D eigenvalue weighted by molar-refractivity contribution is 5.67. The number of anilines is 1. The number of nitrogens with zero attached hydrogens (tertiary/aromatic N) is 3. The Bertz CT molecular complexity index is 1040. The minimum Gasteiger partial charge on any atom is -0.372 e. The third kappa shape index (κ3) is 6.36. The van der Waals surface area contributed by atoms with E-state index in [-0.39, 0.29) is 17.7 Å². The van der Waals surface area contributed by atoms with Crippen LogP contribution < -0.4 is 4.90 Å². The molecular formula is C30H35F2N3. The topological polar surface area (TPSA) is 9.72 Å². The summed E-state index contributed by atoms with van der Waals surface area (Å²) in [6, 6.07) is 21.9. The Morgan fingerprint density at radius 3 is 1.86 bits per heavy atom. The lowest BCUT2D eigenvalue weighted by Gasteiger charge is -2.39. The maximum Gasteiger partial charge on any atom is 0.123 e. The van der Waals surface area contributed by atoms with Crippen LogP contribution in [0.5, 0.6) is 0 Å². The van der Waals surface area contributed by atoms with Crippen LogP contribution in [0.15, 0.2) is 78.9 Å². The van der Waals surface area contributed by atoms with Gasteiger partial charge in [-0.05, 0) is 60.9 Å². The molecule has 3 aromatic carbocycles. The summed E-state index contributed by atoms with van der Waals surface area (Å²) >= 11 is 0. The van der Waals surface area contributed by atoms with Gasteiger partial charge < -0.3 is 4.90 Å². The molecule has 0 amide bonds. The molecule has 1 aliphatic rings. The molecule has 1 fully saturated rings. The molecule has 0 bridgehead atoms. The summed E-state index contributed by atoms with van der Waals surface area (Å²) < 4.78 is 27.1. The van der Waals surface area contributed by atoms with E-state index in [1.54, 1.807) is 0 Å². The fraction of sp³-hybridized carbons (Fsp3) is 0.333. The van der Waals surface area contributed by atoms with Crippen LogP contribution in [-0.4, -0.2) is 55.6 Å². The number of rotatable bonds is 9. The molecule has 3 nitrogen and oxygen atoms in total. The van der Waals surface area contributed by atoms with Crippen LogP contribution in [0, 0.1) is 11.6 Å². The molecule has 0 unspecified atom stereocenters. The maximum absolute atomic E-state index is 13.6. The molecular weight excluding hydrogens is 440 g/mol. The third-order valence-corrected chi connectivity index (χ3v) is 6.85. The van der Waals surface area contributed by atoms with Crippen LogP contribution in [0.1, 0.15) is 36.6 Å². The molecule has 0 radical (unpaired) electrons. The van der Waals surface area contributed by atoms with Crippen LogP contribution in [0.3, 0.4) is 0 Å². The van der Waals surface area contributed by atoms with Gasteiger partial charge in [0.05, 0.1) is 6.04 Å². The van der Waals surface area contributed by atoms with Crippen molar-refractivity contribution in [1.82, 2.24) is 9.80 Å². The summed E-state index contributed by atoms with van der Waals surface area (Å²) in [6.07, 6.45) is 4.50. The average molecular weight is 476 g/mol. The summed E-state index contributed by atoms with van der Waals surface area (Å²) in [6.45, 7) is 10.9. The zero-order chi connectivity index (χ0) is 24.6. The van der Waals surface area contributed by atoms with Gasteiger partial charge in [0.1, 0.15) is 11.6 Å². The van der Waals surface area contributed by atoms with Crippen molar-refractivity contribution in [2.75, 3.05) is 50.7 Å². The Hall–Kier alpha value is -3.02. The maximum atomic E-state index is 13.6. The van der Waals surface area contributed by atoms with Gasteiger partial charge in [-0.2, -0.15) is 0 Å². The summed E-state index contributed by atoms with van der Waals surface area (Å²) in [7, 11) is 0. The van der Waals surface area contributed by atoms with E-state index in [0.717, 1.165) is 56.9 Å². The van der Waals surface area contributed by atoms with Crippen LogP contribution in [0.4, 0.5) is 14.5 Å². The van der Waals surface area contributed by atoms with Gasteiger partial charge in [0.2, 0.25) is 0 Å². The van der Waals surface area contributed by atoms with E-state index in [9.17, 15) is 8.78 Å². The molecule has 0 saturated carbocycles. The lowest BCUT2D eigenvalue weighted by atomic mass is 9.96. The monoisotopic (exact) mass is 475 g/mol. The van der Waals surface area contributed by atoms with Gasteiger partial charge in [0, 0.05) is 51.5 Å². The summed E-state index contributed by atoms with van der Waals surface area (Å²) in [4.78, 5) is 7.25. The van der Waals surface area contributed by atoms with Gasteiger partial charge >= 0.3 is 0 Å². The van der Waals surface area contributed by atoms with Crippen molar-refractivity contribution in [3.8, 4) is 0 Å². The Morgan fingerprint density at radius 2 is 1.31 bits per heavy atom. The van der Waals surface area contributed by atoms with E-state index < -0.39 is 0 Å². The molecule has 0 aliphatic carbocycles. The minimum absolute atomic E-state index is 0.0187. The van der Waals surface area contributed by atoms with Crippen LogP contribution in [0.25, 0.3) is 6.08 Å². The van der Waals surface area contributed by atoms with E-state index in [2.05, 4.69) is 65.0 Å². The fourth-order valence-corrected chi connectivity index (χ4v) is 4.92. The smallest absolute Gasteiger partial charge is 0.123 e. The Morgan fingerprint density at radius 1 is 0.771 bits per heavy atom. The fourth-order valence-electron chi connectivity index (χ4n) is 4.92. The van der Waals surface area contributed by atoms with E-state index in [0.29, 0.717) is 0 Å². The highest BCUT2D eigenvalue weighted by Gasteiger charge is 2.26. The number of benzene rings is 3. The lowest BCUT2D eigenvalue weighted by Crippen LogP contribution is -2.47. The van der Waals surface area contributed by atoms with Crippen molar-refractivity contribution in [1.29, 1.82) is 0 Å². The van der Waals surface area contributed by atoms with Crippen molar-refractivity contribution in [2.24, 2.45) is 0 Å². The zero-order valence-electron chi connectivity index (χ0n) is 20.7. The second-order valence-electron chi connectivity index (χ2n) is 8.98. The predicted octanol–water partition coefficient (Wildman–Crippen LogP) is 6.23. The number of hydrogen-bond donors (Lipinski definition) is 0. The van der Waals surface area contributed by atoms with Crippen LogP contribution >= 0.6 is 0 Å². The summed E-state index contributed by atoms with van der Waals surface area (Å²) in [5.74, 6) is -0.489. The van der Waals surface area contributed by atoms with Gasteiger partial charge in [0.25, 0.3) is 0 Å². The number of halogens is 2. The molecule has 184 valence electrons. The number of para-hydroxylation sites is 1. The third-order valence-electron chi connectivity index (χ3n) is 6.85. The molecule has 0 atom stereocenters. The van der Waals surface area contributed by atoms with Crippen molar-refractivity contribution in [3.63, 3.8) is 0 Å². The van der Waals surface area contributed by atoms with Gasteiger partial charge in [-0.15, -0.1) is 0 Å². The molecule has 35 heavy (non-hydrogen) atoms. The molecule has 0 spiro atoms. The average Bonchev–Trinajstić information content (AvgIpc) is 2.89. The van der Waals surface area contributed by atoms with Crippen molar-refractivity contribution >= 4 is 11.8 Å². The van der Waals surface area contributed by atoms with Gasteiger partial charge in [-0.3, -0.25) is 9.80 Å². The Balaban J connectivity index is 1.41. The van der Waals surface area contributed by atoms with Gasteiger partial charge in [0.15, 0.2) is 0 Å². The number of hydrogen-bond acceptors (Lipinski definition) is 3. The van der Waals surface area contributed by atoms with E-state index in [4.69, 9.17) is 0 Å². The van der Waals surface area contributed by atoms with Crippen LogP contribution in [0.2, 0.25) is 0 Å². The largest absolute Gasteiger partial charge is 0.372 e. The predicted molar refractivity (Wildman–Crippen MR) is 142 cm³/mol. The molecule has 1 heterocycles. The van der Waals surface area contributed by atoms with Gasteiger partial charge in [-0.25, -0.2) is 8.78 Å². The normalized spacial score (nSPS) is 15.2. The molecule has 1 aliphatic heterocycles. The molecule has 5 heteroatoms. The molecule has 0 aromatic heterocycles. The SMILES string of the molecule is CCN(CC)c1ccccc1/C=C/CN1CCN(C(c2ccc(F)cc2)c2ccc(F)cc2)CC1. The zero-order valence-corrected chi connectivity index (χ0v) is 20.7. The van der Waals surface area contributed by atoms with Gasteiger partial charge in [-0.1, -0.05) is 54.6 Å². The molecule has 3 aromatic rings. The first-order valence-corrected chi connectivity index (χ1v) is 12.6. The highest BCUT2D eigenvalue weighted by Crippen LogP contribution is 2.30. The van der Waals surface area contributed by atoms with E-state index >= 15 is 0 Å². The number of piperazine rings is 1. The van der Waals surface area contributed by atoms with Crippen molar-refractivity contribution < 1.29 is 8.78 Å². The van der Waals surface area contributed by atoms with E-state index in [1.165, 1.54) is 35.5 Å². The van der Waals surface area contributed by atoms with Crippen LogP contribution in [-0.2, 0) is 0 Å². The quantitative estimate of drug-likeness (QED) is 0.363. The molecule has 4 rings (SSSR count). The minimum atomic E-state index is -0.245. The first-order chi connectivity index (χ1) is 17.1. The summed E-state index contributed by atoms with van der Waals surface area (Å²) in [5, 5.41) is 0. The van der Waals surface area contributed by atoms with Crippen molar-refractivity contribution in [2.45, 2.75) is 19.9 Å². The first-order valence-electron chi connectivity index (χ1n) is 12.6. The molecule has 0 N–H and O–H groups in total. The Labute approximate surface area is 208 Å². The molecule has 1 saturated heterocycles. The lowest BCUT2D eigenvalue weighted by molar-refractivity contribution is 0.118. The second-order valence-corrected chi connectivity index (χ2v) is 8.98. The first kappa shape index (κ1) is 25.1. The standard InChI is InChI=1S/C30H35F2N3/c1-3-34(4-2)29-10-6-5-8-24(29)9-7-19-33-20-22-35(23-21-33)30(25-11-15-27(31)16-12-25)26-13-17-28(32)18-14-26/h5-18,30H,3-4,19-23H2,1-2H3/b9-7+. The second kappa shape index (κ2) is 12.1. The van der Waals surface area contributed by atoms with E-state index in [1.807, 2.05) is 24.3 Å². The van der Waals surface area contributed by atoms with Crippen molar-refractivity contribution in [3.05, 3.63) is 107 Å². The Kier molecular flexibility index (Phi) is 8.67.